The Morgan fingerprint density at radius 1 is 1.12 bits per heavy atom. The topological polar surface area (TPSA) is 93.8 Å². The molecule has 0 spiro atoms. The smallest absolute Gasteiger partial charge is 0.343 e. The van der Waals surface area contributed by atoms with Crippen molar-refractivity contribution in [3.05, 3.63) is 53.0 Å². The number of anilines is 1. The maximum Gasteiger partial charge on any atom is 0.343 e. The molecule has 0 saturated heterocycles. The second kappa shape index (κ2) is 6.64. The number of hydrogen-bond acceptors (Lipinski definition) is 7. The van der Waals surface area contributed by atoms with Crippen LogP contribution in [0, 0.1) is 10.1 Å². The summed E-state index contributed by atoms with van der Waals surface area (Å²) in [5.74, 6) is 0.211. The van der Waals surface area contributed by atoms with Crippen molar-refractivity contribution >= 4 is 34.2 Å². The predicted octanol–water partition coefficient (Wildman–Crippen LogP) is 4.29. The number of nitrogens with one attached hydrogen (secondary N) is 1. The van der Waals surface area contributed by atoms with Gasteiger partial charge in [0.25, 0.3) is 0 Å². The maximum absolute atomic E-state index is 11.6. The maximum atomic E-state index is 11.6. The summed E-state index contributed by atoms with van der Waals surface area (Å²) in [6, 6.07) is 9.53. The van der Waals surface area contributed by atoms with Crippen LogP contribution in [-0.2, 0) is 0 Å². The monoisotopic (exact) mass is 355 g/mol. The van der Waals surface area contributed by atoms with Crippen molar-refractivity contribution < 1.29 is 4.92 Å². The zero-order valence-electron chi connectivity index (χ0n) is 14.1. The number of rotatable bonds is 4. The Morgan fingerprint density at radius 3 is 2.60 bits per heavy atom. The second-order valence-electron chi connectivity index (χ2n) is 6.44. The van der Waals surface area contributed by atoms with E-state index in [0.717, 1.165) is 15.8 Å². The largest absolute Gasteiger partial charge is 0.360 e. The molecule has 1 N–H and O–H groups in total. The molecule has 0 fully saturated rings. The highest BCUT2D eigenvalue weighted by Gasteiger charge is 2.26. The Balaban J connectivity index is 2.08. The molecule has 8 heteroatoms. The Labute approximate surface area is 149 Å². The normalized spacial score (nSPS) is 11.5. The number of hydrogen-bond donors (Lipinski definition) is 1. The lowest BCUT2D eigenvalue weighted by molar-refractivity contribution is -0.387. The number of aromatic nitrogens is 3. The lowest BCUT2D eigenvalue weighted by Crippen LogP contribution is -2.27. The van der Waals surface area contributed by atoms with E-state index in [1.165, 1.54) is 18.1 Å². The molecule has 7 nitrogen and oxygen atoms in total. The van der Waals surface area contributed by atoms with Crippen molar-refractivity contribution in [2.75, 3.05) is 5.32 Å². The van der Waals surface area contributed by atoms with Crippen LogP contribution in [0.2, 0.25) is 0 Å². The molecule has 0 aliphatic rings. The summed E-state index contributed by atoms with van der Waals surface area (Å²) in [6.45, 7) is 5.75. The number of pyridine rings is 1. The van der Waals surface area contributed by atoms with E-state index in [4.69, 9.17) is 0 Å². The van der Waals surface area contributed by atoms with Gasteiger partial charge in [-0.1, -0.05) is 30.0 Å². The average molecular weight is 355 g/mol. The van der Waals surface area contributed by atoms with Crippen LogP contribution < -0.4 is 5.32 Å². The van der Waals surface area contributed by atoms with Gasteiger partial charge in [-0.05, 0) is 32.9 Å². The van der Waals surface area contributed by atoms with E-state index in [9.17, 15) is 10.1 Å². The van der Waals surface area contributed by atoms with Crippen molar-refractivity contribution in [3.63, 3.8) is 0 Å². The fraction of sp³-hybridized carbons (Fsp3) is 0.235. The first-order valence-electron chi connectivity index (χ1n) is 7.64. The third kappa shape index (κ3) is 3.85. The summed E-state index contributed by atoms with van der Waals surface area (Å²) in [5, 5.41) is 16.0. The van der Waals surface area contributed by atoms with Crippen LogP contribution in [-0.4, -0.2) is 25.4 Å². The molecule has 128 valence electrons. The van der Waals surface area contributed by atoms with E-state index in [-0.39, 0.29) is 22.1 Å². The van der Waals surface area contributed by atoms with Crippen molar-refractivity contribution in [2.24, 2.45) is 0 Å². The molecule has 0 bridgehead atoms. The first-order chi connectivity index (χ1) is 11.8. The lowest BCUT2D eigenvalue weighted by atomic mass is 10.1. The summed E-state index contributed by atoms with van der Waals surface area (Å²) in [6.07, 6.45) is 3.04. The van der Waals surface area contributed by atoms with Crippen LogP contribution in [0.4, 0.5) is 11.5 Å². The molecule has 2 aromatic heterocycles. The third-order valence-corrected chi connectivity index (χ3v) is 4.31. The summed E-state index contributed by atoms with van der Waals surface area (Å²) in [4.78, 5) is 24.6. The van der Waals surface area contributed by atoms with Crippen molar-refractivity contribution in [1.29, 1.82) is 0 Å². The first kappa shape index (κ1) is 17.1. The van der Waals surface area contributed by atoms with Crippen LogP contribution in [0.3, 0.4) is 0 Å². The molecule has 25 heavy (non-hydrogen) atoms. The molecule has 0 amide bonds. The molecule has 2 heterocycles. The minimum atomic E-state index is -0.449. The van der Waals surface area contributed by atoms with E-state index in [2.05, 4.69) is 20.3 Å². The van der Waals surface area contributed by atoms with Gasteiger partial charge in [-0.3, -0.25) is 15.1 Å². The van der Waals surface area contributed by atoms with Crippen LogP contribution in [0.25, 0.3) is 10.9 Å². The number of nitrogens with zero attached hydrogens (tertiary/aromatic N) is 4. The Kier molecular flexibility index (Phi) is 4.54. The first-order valence-corrected chi connectivity index (χ1v) is 8.46. The van der Waals surface area contributed by atoms with Gasteiger partial charge < -0.3 is 5.32 Å². The van der Waals surface area contributed by atoms with Gasteiger partial charge in [0.15, 0.2) is 5.03 Å². The molecule has 0 unspecified atom stereocenters. The molecule has 0 aliphatic carbocycles. The zero-order chi connectivity index (χ0) is 18.0. The average Bonchev–Trinajstić information content (AvgIpc) is 2.53. The molecule has 0 atom stereocenters. The molecule has 0 saturated carbocycles. The van der Waals surface area contributed by atoms with Crippen molar-refractivity contribution in [3.8, 4) is 0 Å². The summed E-state index contributed by atoms with van der Waals surface area (Å²) in [7, 11) is 0. The number of benzene rings is 1. The number of fused-ring (bicyclic) bond motifs is 1. The van der Waals surface area contributed by atoms with E-state index in [1.807, 2.05) is 51.1 Å². The van der Waals surface area contributed by atoms with Crippen LogP contribution in [0.1, 0.15) is 20.8 Å². The zero-order valence-corrected chi connectivity index (χ0v) is 14.9. The fourth-order valence-corrected chi connectivity index (χ4v) is 3.30. The Hall–Kier alpha value is -2.74. The number of para-hydroxylation sites is 1. The van der Waals surface area contributed by atoms with Gasteiger partial charge in [-0.25, -0.2) is 9.97 Å². The van der Waals surface area contributed by atoms with Gasteiger partial charge in [0.2, 0.25) is 5.82 Å². The third-order valence-electron chi connectivity index (χ3n) is 3.27. The lowest BCUT2D eigenvalue weighted by Gasteiger charge is -2.21. The van der Waals surface area contributed by atoms with Crippen molar-refractivity contribution in [1.82, 2.24) is 15.0 Å². The molecule has 0 aliphatic heterocycles. The minimum Gasteiger partial charge on any atom is -0.360 e. The van der Waals surface area contributed by atoms with E-state index >= 15 is 0 Å². The summed E-state index contributed by atoms with van der Waals surface area (Å²) < 4.78 is 0. The highest BCUT2D eigenvalue weighted by atomic mass is 32.2. The minimum absolute atomic E-state index is 0.129. The van der Waals surface area contributed by atoms with Gasteiger partial charge in [-0.15, -0.1) is 0 Å². The molecule has 0 radical (unpaired) electrons. The molecule has 3 aromatic rings. The standard InChI is InChI=1S/C17H17N5O2S/c1-17(2,3)21-15-14(22(23)24)16(20-10-19-15)25-12-8-4-6-11-7-5-9-18-13(11)12/h4-10H,1-3H3,(H,19,20,21). The van der Waals surface area contributed by atoms with Gasteiger partial charge in [0.05, 0.1) is 10.4 Å². The van der Waals surface area contributed by atoms with Gasteiger partial charge in [-0.2, -0.15) is 0 Å². The SMILES string of the molecule is CC(C)(C)Nc1ncnc(Sc2cccc3cccnc23)c1[N+](=O)[O-]. The van der Waals surface area contributed by atoms with E-state index in [0.29, 0.717) is 0 Å². The second-order valence-corrected chi connectivity index (χ2v) is 7.47. The molecular formula is C17H17N5O2S. The summed E-state index contributed by atoms with van der Waals surface area (Å²) >= 11 is 1.22. The highest BCUT2D eigenvalue weighted by Crippen LogP contribution is 2.39. The van der Waals surface area contributed by atoms with Crippen LogP contribution in [0.5, 0.6) is 0 Å². The molecule has 3 rings (SSSR count). The Bertz CT molecular complexity index is 934. The quantitative estimate of drug-likeness (QED) is 0.424. The van der Waals surface area contributed by atoms with E-state index < -0.39 is 4.92 Å². The van der Waals surface area contributed by atoms with Crippen LogP contribution >= 0.6 is 11.8 Å². The van der Waals surface area contributed by atoms with E-state index in [1.54, 1.807) is 6.20 Å². The van der Waals surface area contributed by atoms with Crippen LogP contribution in [0.15, 0.2) is 52.8 Å². The van der Waals surface area contributed by atoms with Gasteiger partial charge in [0.1, 0.15) is 6.33 Å². The highest BCUT2D eigenvalue weighted by molar-refractivity contribution is 7.99. The Morgan fingerprint density at radius 2 is 1.88 bits per heavy atom. The predicted molar refractivity (Wildman–Crippen MR) is 97.9 cm³/mol. The van der Waals surface area contributed by atoms with Gasteiger partial charge in [0, 0.05) is 22.0 Å². The molecule has 1 aromatic carbocycles. The molecular weight excluding hydrogens is 338 g/mol. The fourth-order valence-electron chi connectivity index (χ4n) is 2.31. The van der Waals surface area contributed by atoms with Crippen molar-refractivity contribution in [2.45, 2.75) is 36.2 Å². The van der Waals surface area contributed by atoms with Gasteiger partial charge >= 0.3 is 5.69 Å². The number of nitro groups is 1. The summed E-state index contributed by atoms with van der Waals surface area (Å²) in [5.41, 5.74) is 0.297.